The molecule has 0 aliphatic carbocycles. The normalized spacial score (nSPS) is 26.1. The van der Waals surface area contributed by atoms with Crippen molar-refractivity contribution < 1.29 is 77.4 Å². The Hall–Kier alpha value is -6.46. The third-order valence-electron chi connectivity index (χ3n) is 15.6. The maximum atomic E-state index is 13.8. The van der Waals surface area contributed by atoms with Gasteiger partial charge in [0.15, 0.2) is 6.10 Å². The first-order chi connectivity index (χ1) is 38.7. The third-order valence-corrected chi connectivity index (χ3v) is 15.6. The smallest absolute Gasteiger partial charge is 0.410 e. The van der Waals surface area contributed by atoms with Gasteiger partial charge >= 0.3 is 18.2 Å². The van der Waals surface area contributed by atoms with Crippen LogP contribution in [-0.2, 0) is 59.1 Å². The highest BCUT2D eigenvalue weighted by atomic mass is 16.6. The van der Waals surface area contributed by atoms with Crippen LogP contribution in [0.15, 0.2) is 72.4 Å². The summed E-state index contributed by atoms with van der Waals surface area (Å²) in [4.78, 5) is 107. The molecule has 22 nitrogen and oxygen atoms in total. The van der Waals surface area contributed by atoms with Crippen LogP contribution in [0.25, 0.3) is 0 Å². The number of aliphatic hydroxyl groups is 3. The van der Waals surface area contributed by atoms with Crippen molar-refractivity contribution in [2.75, 3.05) is 45.2 Å². The van der Waals surface area contributed by atoms with E-state index in [0.717, 1.165) is 4.90 Å². The van der Waals surface area contributed by atoms with Crippen molar-refractivity contribution in [3.8, 4) is 0 Å². The molecule has 4 aliphatic rings. The number of rotatable bonds is 24. The summed E-state index contributed by atoms with van der Waals surface area (Å²) in [6.45, 7) is 16.8. The van der Waals surface area contributed by atoms with Crippen LogP contribution >= 0.6 is 0 Å². The minimum absolute atomic E-state index is 0.0538. The predicted molar refractivity (Wildman–Crippen MR) is 303 cm³/mol. The van der Waals surface area contributed by atoms with Gasteiger partial charge in [0.05, 0.1) is 36.4 Å². The second-order valence-electron chi connectivity index (χ2n) is 22.9. The highest BCUT2D eigenvalue weighted by Crippen LogP contribution is 2.38. The molecule has 0 radical (unpaired) electrons. The van der Waals surface area contributed by atoms with E-state index in [2.05, 4.69) is 16.0 Å². The summed E-state index contributed by atoms with van der Waals surface area (Å²) < 4.78 is 29.4. The zero-order valence-electron chi connectivity index (χ0n) is 49.3. The van der Waals surface area contributed by atoms with E-state index in [-0.39, 0.29) is 107 Å². The lowest BCUT2D eigenvalue weighted by molar-refractivity contribution is -0.151. The highest BCUT2D eigenvalue weighted by Gasteiger charge is 2.47. The Morgan fingerprint density at radius 2 is 1.56 bits per heavy atom. The molecule has 22 heteroatoms. The number of esters is 1. The second kappa shape index (κ2) is 30.7. The van der Waals surface area contributed by atoms with E-state index in [4.69, 9.17) is 23.7 Å². The quantitative estimate of drug-likeness (QED) is 0.0144. The number of aliphatic hydroxyl groups excluding tert-OH is 2. The highest BCUT2D eigenvalue weighted by molar-refractivity contribution is 6.12. The summed E-state index contributed by atoms with van der Waals surface area (Å²) in [7, 11) is 1.49. The van der Waals surface area contributed by atoms with Crippen molar-refractivity contribution in [2.45, 2.75) is 187 Å². The van der Waals surface area contributed by atoms with Crippen LogP contribution in [0.3, 0.4) is 0 Å². The molecule has 454 valence electrons. The molecule has 0 bridgehead atoms. The number of anilines is 1. The van der Waals surface area contributed by atoms with Crippen LogP contribution in [0, 0.1) is 17.8 Å². The molecule has 82 heavy (non-hydrogen) atoms. The molecule has 3 unspecified atom stereocenters. The van der Waals surface area contributed by atoms with E-state index in [0.29, 0.717) is 48.9 Å². The monoisotopic (exact) mass is 1150 g/mol. The topological polar surface area (TPSA) is 293 Å². The molecule has 0 spiro atoms. The first-order valence-corrected chi connectivity index (χ1v) is 28.7. The molecular formula is C60H88N6O16. The van der Waals surface area contributed by atoms with E-state index in [1.807, 2.05) is 20.8 Å². The van der Waals surface area contributed by atoms with Crippen LogP contribution < -0.4 is 16.0 Å². The lowest BCUT2D eigenvalue weighted by Crippen LogP contribution is -2.53. The van der Waals surface area contributed by atoms with Gasteiger partial charge in [0.1, 0.15) is 30.4 Å². The van der Waals surface area contributed by atoms with Gasteiger partial charge in [0.25, 0.3) is 11.8 Å². The summed E-state index contributed by atoms with van der Waals surface area (Å²) >= 11 is 0. The van der Waals surface area contributed by atoms with Crippen molar-refractivity contribution in [3.63, 3.8) is 0 Å². The number of nitrogens with zero attached hydrogens (tertiary/aromatic N) is 3. The van der Waals surface area contributed by atoms with E-state index < -0.39 is 83.6 Å². The molecule has 5 rings (SSSR count). The van der Waals surface area contributed by atoms with Gasteiger partial charge in [-0.15, -0.1) is 0 Å². The standard InChI is InChI=1S/C60H88N6O16/c1-11-45(68)40(6)54-46(80-54)35-59(8,77)27-15-16-38(4)53-39(5)18-23-47(60(9,78-10)28-26-44(67)34-51(72)82-53)81-58(76)65-32-30-64(31-33-65)57(75)79-36-42-19-21-43(22-20-42)62-55(73)41(7)61-56(74)52(37(2)3)63-48(69)17-13-12-14-29-66-49(70)24-25-50(66)71/h15-16,18-25,27,37,39-41,44-47,52-54,67-68,77H,11-14,17,26,28-36H2,1-10H3,(H,61,74)(H,62,73)(H,63,69)/b23-18+,27-15+,38-16+/t39-,40+,41?,44+,45-,46+,47-,52?,53+,54+,59?,60+/m0/s1. The Kier molecular flexibility index (Phi) is 24.9. The Morgan fingerprint density at radius 1 is 0.915 bits per heavy atom. The fraction of sp³-hybridized carbons (Fsp3) is 0.633. The number of hydrogen-bond acceptors (Lipinski definition) is 16. The molecule has 4 aliphatic heterocycles. The number of unbranched alkanes of at least 4 members (excludes halogenated alkanes) is 2. The third kappa shape index (κ3) is 19.9. The van der Waals surface area contributed by atoms with Crippen molar-refractivity contribution in [1.29, 1.82) is 0 Å². The molecular weight excluding hydrogens is 1060 g/mol. The van der Waals surface area contributed by atoms with Gasteiger partial charge in [-0.25, -0.2) is 9.59 Å². The minimum Gasteiger partial charge on any atom is -0.457 e. The van der Waals surface area contributed by atoms with Crippen LogP contribution in [-0.4, -0.2) is 177 Å². The van der Waals surface area contributed by atoms with E-state index in [1.54, 1.807) is 89.3 Å². The number of allylic oxidation sites excluding steroid dienone is 2. The number of carbonyl (C=O) groups excluding carboxylic acids is 8. The average molecular weight is 1150 g/mol. The number of amides is 7. The number of cyclic esters (lactones) is 1. The average Bonchev–Trinajstić information content (AvgIpc) is 4.34. The summed E-state index contributed by atoms with van der Waals surface area (Å²) in [5.74, 6) is -3.41. The number of epoxide rings is 1. The number of piperazine rings is 1. The molecule has 4 heterocycles. The zero-order chi connectivity index (χ0) is 60.5. The van der Waals surface area contributed by atoms with E-state index >= 15 is 0 Å². The number of hydrogen-bond donors (Lipinski definition) is 6. The van der Waals surface area contributed by atoms with Gasteiger partial charge in [-0.2, -0.15) is 0 Å². The van der Waals surface area contributed by atoms with Gasteiger partial charge < -0.3 is 64.8 Å². The van der Waals surface area contributed by atoms with Crippen molar-refractivity contribution in [3.05, 3.63) is 77.9 Å². The predicted octanol–water partition coefficient (Wildman–Crippen LogP) is 5.39. The van der Waals surface area contributed by atoms with Crippen LogP contribution in [0.1, 0.15) is 126 Å². The Morgan fingerprint density at radius 3 is 2.18 bits per heavy atom. The first kappa shape index (κ1) is 66.3. The molecule has 0 saturated carbocycles. The van der Waals surface area contributed by atoms with Crippen molar-refractivity contribution in [2.24, 2.45) is 17.8 Å². The number of nitrogens with one attached hydrogen (secondary N) is 3. The van der Waals surface area contributed by atoms with Gasteiger partial charge in [-0.05, 0) is 95.1 Å². The molecule has 7 amide bonds. The molecule has 2 fully saturated rings. The van der Waals surface area contributed by atoms with Gasteiger partial charge in [0, 0.05) is 82.4 Å². The van der Waals surface area contributed by atoms with Crippen LogP contribution in [0.4, 0.5) is 15.3 Å². The number of ether oxygens (including phenoxy) is 5. The SMILES string of the molecule is CC[C@H](O)[C@@H](C)[C@H]1O[C@@H]1CC(C)(O)/C=C/C=C(\C)[C@H]1OC(=O)C[C@H](O)CC[C@@](C)(OC)[C@@H](OC(=O)N2CCN(C(=O)OCc3ccc(NC(=O)C(C)NC(=O)C(NC(=O)CCCCCN4C(=O)C=CC4=O)C(C)C)cc3)CC2)/C=C/[C@@H]1C. The maximum Gasteiger partial charge on any atom is 0.410 e. The Labute approximate surface area is 482 Å². The summed E-state index contributed by atoms with van der Waals surface area (Å²) in [5, 5.41) is 40.5. The number of benzene rings is 1. The molecule has 0 aromatic heterocycles. The molecule has 1 aromatic carbocycles. The molecule has 1 aromatic rings. The molecule has 6 N–H and O–H groups in total. The van der Waals surface area contributed by atoms with Gasteiger partial charge in [-0.3, -0.25) is 33.7 Å². The van der Waals surface area contributed by atoms with E-state index in [9.17, 15) is 53.7 Å². The lowest BCUT2D eigenvalue weighted by atomic mass is 9.88. The van der Waals surface area contributed by atoms with Gasteiger partial charge in [-0.1, -0.05) is 77.5 Å². The lowest BCUT2D eigenvalue weighted by Gasteiger charge is -2.38. The summed E-state index contributed by atoms with van der Waals surface area (Å²) in [5.41, 5.74) is -0.598. The van der Waals surface area contributed by atoms with Gasteiger partial charge in [0.2, 0.25) is 17.7 Å². The zero-order valence-corrected chi connectivity index (χ0v) is 49.3. The summed E-state index contributed by atoms with van der Waals surface area (Å²) in [6, 6.07) is 4.77. The second-order valence-corrected chi connectivity index (χ2v) is 22.9. The van der Waals surface area contributed by atoms with E-state index in [1.165, 1.54) is 36.0 Å². The van der Waals surface area contributed by atoms with Crippen molar-refractivity contribution >= 4 is 53.4 Å². The maximum absolute atomic E-state index is 13.8. The largest absolute Gasteiger partial charge is 0.457 e. The van der Waals surface area contributed by atoms with Crippen LogP contribution in [0.5, 0.6) is 0 Å². The first-order valence-electron chi connectivity index (χ1n) is 28.7. The Bertz CT molecular complexity index is 2490. The summed E-state index contributed by atoms with van der Waals surface area (Å²) in [6.07, 6.45) is 9.10. The fourth-order valence-electron chi connectivity index (χ4n) is 9.97. The molecule has 12 atom stereocenters. The number of carbonyl (C=O) groups is 8. The number of imide groups is 1. The van der Waals surface area contributed by atoms with Crippen molar-refractivity contribution in [1.82, 2.24) is 25.3 Å². The Balaban J connectivity index is 1.07. The van der Waals surface area contributed by atoms with Crippen LogP contribution in [0.2, 0.25) is 0 Å². The minimum atomic E-state index is -1.22. The fourth-order valence-corrected chi connectivity index (χ4v) is 9.97. The number of methoxy groups -OCH3 is 1. The molecule has 2 saturated heterocycles.